The molecule has 0 aliphatic heterocycles. The number of benzene rings is 2. The largest absolute Gasteiger partial charge is 0.452 e. The van der Waals surface area contributed by atoms with E-state index in [2.05, 4.69) is 10.1 Å². The molecule has 0 aliphatic rings. The third-order valence-corrected chi connectivity index (χ3v) is 4.13. The number of rotatable bonds is 6. The van der Waals surface area contributed by atoms with Gasteiger partial charge in [0.05, 0.1) is 15.5 Å². The molecule has 9 nitrogen and oxygen atoms in total. The smallest absolute Gasteiger partial charge is 0.338 e. The summed E-state index contributed by atoms with van der Waals surface area (Å²) in [4.78, 5) is 28.6. The number of carbonyl (C=O) groups is 1. The number of aromatic nitrogens is 2. The summed E-state index contributed by atoms with van der Waals surface area (Å²) in [5.41, 5.74) is 0.810. The van der Waals surface area contributed by atoms with E-state index in [1.165, 1.54) is 18.2 Å². The molecule has 0 atom stereocenters. The lowest BCUT2D eigenvalue weighted by Gasteiger charge is -2.13. The molecule has 144 valence electrons. The van der Waals surface area contributed by atoms with Crippen molar-refractivity contribution >= 4 is 28.9 Å². The van der Waals surface area contributed by atoms with Crippen molar-refractivity contribution in [2.75, 3.05) is 19.0 Å². The van der Waals surface area contributed by atoms with Gasteiger partial charge in [-0.2, -0.15) is 4.98 Å². The van der Waals surface area contributed by atoms with Crippen LogP contribution in [0.2, 0.25) is 5.02 Å². The summed E-state index contributed by atoms with van der Waals surface area (Å²) in [5, 5.41) is 15.5. The summed E-state index contributed by atoms with van der Waals surface area (Å²) < 4.78 is 10.2. The Bertz CT molecular complexity index is 1030. The highest BCUT2D eigenvalue weighted by molar-refractivity contribution is 6.33. The van der Waals surface area contributed by atoms with Gasteiger partial charge in [-0.25, -0.2) is 4.79 Å². The minimum absolute atomic E-state index is 0.0446. The maximum Gasteiger partial charge on any atom is 0.338 e. The van der Waals surface area contributed by atoms with Crippen LogP contribution in [0.15, 0.2) is 47.0 Å². The number of esters is 1. The van der Waals surface area contributed by atoms with Gasteiger partial charge in [-0.05, 0) is 24.3 Å². The van der Waals surface area contributed by atoms with Crippen molar-refractivity contribution in [1.82, 2.24) is 10.1 Å². The zero-order valence-electron chi connectivity index (χ0n) is 15.0. The van der Waals surface area contributed by atoms with Gasteiger partial charge in [-0.1, -0.05) is 28.9 Å². The zero-order chi connectivity index (χ0) is 20.3. The Balaban J connectivity index is 1.72. The molecule has 10 heteroatoms. The van der Waals surface area contributed by atoms with Gasteiger partial charge in [0, 0.05) is 25.7 Å². The Hall–Kier alpha value is -3.46. The fourth-order valence-corrected chi connectivity index (χ4v) is 2.67. The second kappa shape index (κ2) is 8.05. The minimum Gasteiger partial charge on any atom is -0.452 e. The van der Waals surface area contributed by atoms with Gasteiger partial charge >= 0.3 is 5.97 Å². The molecular weight excluding hydrogens is 388 g/mol. The molecule has 1 heterocycles. The number of nitrogens with zero attached hydrogens (tertiary/aromatic N) is 4. The molecule has 0 saturated carbocycles. The van der Waals surface area contributed by atoms with Gasteiger partial charge in [0.15, 0.2) is 6.61 Å². The van der Waals surface area contributed by atoms with Crippen LogP contribution in [0, 0.1) is 10.1 Å². The monoisotopic (exact) mass is 402 g/mol. The minimum atomic E-state index is -0.745. The van der Waals surface area contributed by atoms with Gasteiger partial charge in [-0.15, -0.1) is 0 Å². The van der Waals surface area contributed by atoms with Crippen LogP contribution in [-0.4, -0.2) is 35.1 Å². The topological polar surface area (TPSA) is 112 Å². The van der Waals surface area contributed by atoms with Crippen LogP contribution in [-0.2, 0) is 11.3 Å². The van der Waals surface area contributed by atoms with Gasteiger partial charge in [0.1, 0.15) is 5.69 Å². The van der Waals surface area contributed by atoms with E-state index in [4.69, 9.17) is 20.9 Å². The Morgan fingerprint density at radius 1 is 1.29 bits per heavy atom. The molecule has 0 N–H and O–H groups in total. The van der Waals surface area contributed by atoms with Crippen LogP contribution in [0.3, 0.4) is 0 Å². The van der Waals surface area contributed by atoms with Crippen molar-refractivity contribution in [2.45, 2.75) is 6.61 Å². The number of carbonyl (C=O) groups excluding carboxylic acids is 1. The van der Waals surface area contributed by atoms with E-state index in [0.717, 1.165) is 0 Å². The number of halogens is 1. The Labute approximate surface area is 164 Å². The van der Waals surface area contributed by atoms with Gasteiger partial charge in [-0.3, -0.25) is 10.1 Å². The molecule has 0 fully saturated rings. The second-order valence-corrected chi connectivity index (χ2v) is 6.33. The number of nitro benzene ring substituents is 1. The zero-order valence-corrected chi connectivity index (χ0v) is 15.7. The molecule has 0 saturated heterocycles. The predicted octanol–water partition coefficient (Wildman–Crippen LogP) is 3.72. The Morgan fingerprint density at radius 2 is 2.04 bits per heavy atom. The van der Waals surface area contributed by atoms with Crippen molar-refractivity contribution in [1.29, 1.82) is 0 Å². The molecule has 0 spiro atoms. The number of anilines is 1. The van der Waals surface area contributed by atoms with Crippen LogP contribution >= 0.6 is 11.6 Å². The van der Waals surface area contributed by atoms with Crippen LogP contribution in [0.5, 0.6) is 0 Å². The van der Waals surface area contributed by atoms with Crippen LogP contribution < -0.4 is 4.90 Å². The van der Waals surface area contributed by atoms with Crippen LogP contribution in [0.4, 0.5) is 11.4 Å². The Morgan fingerprint density at radius 3 is 2.71 bits per heavy atom. The van der Waals surface area contributed by atoms with E-state index in [1.54, 1.807) is 43.3 Å². The van der Waals surface area contributed by atoms with E-state index < -0.39 is 10.9 Å². The van der Waals surface area contributed by atoms with Crippen LogP contribution in [0.25, 0.3) is 11.4 Å². The second-order valence-electron chi connectivity index (χ2n) is 5.92. The van der Waals surface area contributed by atoms with Crippen molar-refractivity contribution in [3.8, 4) is 11.4 Å². The van der Waals surface area contributed by atoms with E-state index in [9.17, 15) is 14.9 Å². The van der Waals surface area contributed by atoms with Crippen molar-refractivity contribution in [3.05, 3.63) is 69.1 Å². The third kappa shape index (κ3) is 4.09. The summed E-state index contributed by atoms with van der Waals surface area (Å²) >= 11 is 6.09. The highest BCUT2D eigenvalue weighted by Crippen LogP contribution is 2.28. The summed E-state index contributed by atoms with van der Waals surface area (Å²) in [6.45, 7) is -0.278. The first-order valence-electron chi connectivity index (χ1n) is 8.07. The molecule has 3 rings (SSSR count). The van der Waals surface area contributed by atoms with Gasteiger partial charge in [0.2, 0.25) is 5.82 Å². The van der Waals surface area contributed by atoms with Crippen molar-refractivity contribution < 1.29 is 19.0 Å². The van der Waals surface area contributed by atoms with Crippen molar-refractivity contribution in [3.63, 3.8) is 0 Å². The fraction of sp³-hybridized carbons (Fsp3) is 0.167. The quantitative estimate of drug-likeness (QED) is 0.348. The molecule has 28 heavy (non-hydrogen) atoms. The summed E-state index contributed by atoms with van der Waals surface area (Å²) in [6, 6.07) is 11.1. The fourth-order valence-electron chi connectivity index (χ4n) is 2.45. The Kier molecular flexibility index (Phi) is 5.55. The molecule has 0 unspecified atom stereocenters. The first-order chi connectivity index (χ1) is 13.4. The van der Waals surface area contributed by atoms with Gasteiger partial charge in [0.25, 0.3) is 11.6 Å². The molecule has 1 aromatic heterocycles. The number of hydrogen-bond donors (Lipinski definition) is 0. The lowest BCUT2D eigenvalue weighted by Crippen LogP contribution is -2.12. The average Bonchev–Trinajstić information content (AvgIpc) is 3.14. The molecule has 0 aliphatic carbocycles. The normalized spacial score (nSPS) is 10.5. The first kappa shape index (κ1) is 19.3. The van der Waals surface area contributed by atoms with E-state index in [1.807, 2.05) is 0 Å². The lowest BCUT2D eigenvalue weighted by atomic mass is 10.1. The van der Waals surface area contributed by atoms with Crippen molar-refractivity contribution in [2.24, 2.45) is 0 Å². The number of ether oxygens (including phenoxy) is 1. The lowest BCUT2D eigenvalue weighted by molar-refractivity contribution is -0.384. The highest BCUT2D eigenvalue weighted by atomic mass is 35.5. The SMILES string of the molecule is CN(C)c1ccc(C(=O)OCc2nc(-c3ccccc3Cl)no2)cc1[N+](=O)[O-]. The summed E-state index contributed by atoms with van der Waals surface area (Å²) in [6.07, 6.45) is 0. The first-order valence-corrected chi connectivity index (χ1v) is 8.45. The van der Waals surface area contributed by atoms with E-state index in [-0.39, 0.29) is 29.6 Å². The maximum absolute atomic E-state index is 12.2. The molecule has 0 amide bonds. The van der Waals surface area contributed by atoms with E-state index in [0.29, 0.717) is 16.3 Å². The van der Waals surface area contributed by atoms with E-state index >= 15 is 0 Å². The average molecular weight is 403 g/mol. The van der Waals surface area contributed by atoms with Gasteiger partial charge < -0.3 is 14.2 Å². The third-order valence-electron chi connectivity index (χ3n) is 3.80. The standard InChI is InChI=1S/C18H15ClN4O5/c1-22(2)14-8-7-11(9-15(14)23(25)26)18(24)27-10-16-20-17(21-28-16)12-5-3-4-6-13(12)19/h3-9H,10H2,1-2H3. The molecule has 2 aromatic carbocycles. The summed E-state index contributed by atoms with van der Waals surface area (Å²) in [7, 11) is 3.35. The van der Waals surface area contributed by atoms with Crippen LogP contribution in [0.1, 0.15) is 16.2 Å². The predicted molar refractivity (Wildman–Crippen MR) is 101 cm³/mol. The molecule has 0 radical (unpaired) electrons. The highest BCUT2D eigenvalue weighted by Gasteiger charge is 2.20. The number of nitro groups is 1. The molecule has 0 bridgehead atoms. The molecule has 3 aromatic rings. The summed E-state index contributed by atoms with van der Waals surface area (Å²) in [5.74, 6) is -0.406. The number of hydrogen-bond acceptors (Lipinski definition) is 8. The maximum atomic E-state index is 12.2. The molecular formula is C18H15ClN4O5.